The van der Waals surface area contributed by atoms with E-state index in [1.54, 1.807) is 34.6 Å². The minimum atomic E-state index is -1.66. The molecule has 1 saturated heterocycles. The smallest absolute Gasteiger partial charge is 0.307 e. The predicted molar refractivity (Wildman–Crippen MR) is 224 cm³/mol. The second-order valence-corrected chi connectivity index (χ2v) is 18.3. The summed E-state index contributed by atoms with van der Waals surface area (Å²) in [4.78, 5) is 110. The van der Waals surface area contributed by atoms with Crippen LogP contribution in [-0.4, -0.2) is 111 Å². The van der Waals surface area contributed by atoms with Gasteiger partial charge >= 0.3 is 47.8 Å². The van der Waals surface area contributed by atoms with Gasteiger partial charge in [0.15, 0.2) is 0 Å². The van der Waals surface area contributed by atoms with Crippen molar-refractivity contribution in [3.8, 4) is 0 Å². The number of allylic oxidation sites excluding steroid dienone is 6. The fraction of sp³-hybridized carbons (Fsp3) is 0.545. The summed E-state index contributed by atoms with van der Waals surface area (Å²) in [7, 11) is 0. The zero-order chi connectivity index (χ0) is 47.9. The molecule has 0 aromatic rings. The number of nitrogens with one attached hydrogen (secondary N) is 2. The normalized spacial score (nSPS) is 32.0. The van der Waals surface area contributed by atoms with E-state index in [0.717, 1.165) is 0 Å². The molecular weight excluding hydrogens is 840 g/mol. The van der Waals surface area contributed by atoms with Crippen molar-refractivity contribution in [2.24, 2.45) is 38.1 Å². The van der Waals surface area contributed by atoms with E-state index in [2.05, 4.69) is 10.6 Å². The second kappa shape index (κ2) is 17.5. The fourth-order valence-corrected chi connectivity index (χ4v) is 10.6. The van der Waals surface area contributed by atoms with E-state index < -0.39 is 138 Å². The molecule has 1 fully saturated rings. The zero-order valence-corrected chi connectivity index (χ0v) is 36.1. The van der Waals surface area contributed by atoms with Crippen molar-refractivity contribution in [2.45, 2.75) is 123 Å². The van der Waals surface area contributed by atoms with Gasteiger partial charge in [0.25, 0.3) is 0 Å². The van der Waals surface area contributed by atoms with Gasteiger partial charge in [-0.05, 0) is 74.5 Å². The first-order valence-electron chi connectivity index (χ1n) is 20.7. The van der Waals surface area contributed by atoms with Gasteiger partial charge in [0.1, 0.15) is 5.54 Å². The number of carboxylic acid groups (broad SMARTS) is 8. The summed E-state index contributed by atoms with van der Waals surface area (Å²) in [5.74, 6) is -12.1. The van der Waals surface area contributed by atoms with Gasteiger partial charge in [-0.15, -0.1) is 0 Å². The molecule has 0 aromatic heterocycles. The third-order valence-electron chi connectivity index (χ3n) is 14.0. The maximum atomic E-state index is 13.0. The molecule has 5 rings (SSSR count). The van der Waals surface area contributed by atoms with Gasteiger partial charge in [-0.3, -0.25) is 48.3 Å². The number of fused-ring (bicyclic) bond motifs is 7. The van der Waals surface area contributed by atoms with Crippen LogP contribution >= 0.6 is 0 Å². The molecular formula is C44H54N4O16. The summed E-state index contributed by atoms with van der Waals surface area (Å²) < 4.78 is 0. The molecule has 5 heterocycles. The van der Waals surface area contributed by atoms with Crippen molar-refractivity contribution < 1.29 is 79.2 Å². The Morgan fingerprint density at radius 2 is 1.19 bits per heavy atom. The molecule has 20 nitrogen and oxygen atoms in total. The Balaban J connectivity index is 2.03. The molecule has 0 radical (unpaired) electrons. The lowest BCUT2D eigenvalue weighted by molar-refractivity contribution is -0.142. The quantitative estimate of drug-likeness (QED) is 0.0807. The summed E-state index contributed by atoms with van der Waals surface area (Å²) in [6.45, 7) is 7.92. The molecule has 10 N–H and O–H groups in total. The molecule has 20 heteroatoms. The first-order valence-corrected chi connectivity index (χ1v) is 20.7. The molecule has 5 aliphatic heterocycles. The SMILES string of the molecule is CC12C=C3N=C(/C=C4\NC(C)(C5=C(CC(=O)O)C(C)(CCC(=O)O)/C(=C/C(=N1)C(CCC(=O)O)=C2CC(=O)O)N5)C(C)(CC(=O)O)C4CCC(=O)O)C(C)(CC(=O)O)C3CCC(=O)O. The van der Waals surface area contributed by atoms with Crippen LogP contribution in [0.25, 0.3) is 0 Å². The van der Waals surface area contributed by atoms with E-state index in [1.165, 1.54) is 18.2 Å². The Bertz CT molecular complexity index is 2340. The molecule has 0 aromatic carbocycles. The van der Waals surface area contributed by atoms with Crippen molar-refractivity contribution in [3.63, 3.8) is 0 Å². The number of hydrogen-bond donors (Lipinski definition) is 10. The van der Waals surface area contributed by atoms with Gasteiger partial charge in [-0.2, -0.15) is 0 Å². The monoisotopic (exact) mass is 894 g/mol. The lowest BCUT2D eigenvalue weighted by Crippen LogP contribution is -2.54. The minimum absolute atomic E-state index is 0.0558. The van der Waals surface area contributed by atoms with Crippen molar-refractivity contribution in [1.82, 2.24) is 10.6 Å². The molecule has 0 saturated carbocycles. The van der Waals surface area contributed by atoms with Crippen LogP contribution in [0.1, 0.15) is 112 Å². The first kappa shape index (κ1) is 48.4. The number of carbonyl (C=O) groups is 8. The average Bonchev–Trinajstić information content (AvgIpc) is 3.72. The summed E-state index contributed by atoms with van der Waals surface area (Å²) in [6, 6.07) is 0. The van der Waals surface area contributed by atoms with Gasteiger partial charge in [0.05, 0.1) is 36.9 Å². The summed E-state index contributed by atoms with van der Waals surface area (Å²) in [5.41, 5.74) is -6.57. The highest BCUT2D eigenvalue weighted by Gasteiger charge is 2.63. The van der Waals surface area contributed by atoms with Crippen LogP contribution in [0.5, 0.6) is 0 Å². The highest BCUT2D eigenvalue weighted by molar-refractivity contribution is 6.13. The van der Waals surface area contributed by atoms with Crippen LogP contribution in [0, 0.1) is 28.1 Å². The summed E-state index contributed by atoms with van der Waals surface area (Å²) >= 11 is 0. The maximum Gasteiger partial charge on any atom is 0.307 e. The molecule has 8 bridgehead atoms. The van der Waals surface area contributed by atoms with Crippen LogP contribution in [0.15, 0.2) is 67.7 Å². The molecule has 346 valence electrons. The van der Waals surface area contributed by atoms with E-state index in [0.29, 0.717) is 0 Å². The van der Waals surface area contributed by atoms with E-state index in [4.69, 9.17) is 9.98 Å². The lowest BCUT2D eigenvalue weighted by atomic mass is 9.61. The number of rotatable bonds is 20. The highest BCUT2D eigenvalue weighted by Crippen LogP contribution is 2.60. The van der Waals surface area contributed by atoms with E-state index in [1.807, 2.05) is 0 Å². The Kier molecular flexibility index (Phi) is 13.3. The molecule has 64 heavy (non-hydrogen) atoms. The second-order valence-electron chi connectivity index (χ2n) is 18.3. The standard InChI is InChI=1S/C44H54N4O16/c1-40(13-12-34(55)56)25(15-36(59)60)39-44(5)42(3,20-38(63)64)23(8-11-33(53)54)27(48-44)17-30-41(2,19-37(61)62)22(7-10-32(51)52)28(45-30)18-43(4)24(14-35(57)58)21(6-9-31(49)50)26(47-43)16-29(40)46-39/h16-18,22-23,46,48H,6-15,19-20H2,1-5H3,(H,49,50)(H,51,52)(H,53,54)(H,55,56)(H,57,58)(H,59,60)(H,61,62)(H,63,64)/b27-17-,28-18?,29-16-. The van der Waals surface area contributed by atoms with E-state index >= 15 is 0 Å². The van der Waals surface area contributed by atoms with Crippen molar-refractivity contribution in [1.29, 1.82) is 0 Å². The minimum Gasteiger partial charge on any atom is -0.481 e. The molecule has 0 spiro atoms. The van der Waals surface area contributed by atoms with Gasteiger partial charge in [0.2, 0.25) is 0 Å². The zero-order valence-electron chi connectivity index (χ0n) is 36.1. The third kappa shape index (κ3) is 9.08. The predicted octanol–water partition coefficient (Wildman–Crippen LogP) is 4.44. The van der Waals surface area contributed by atoms with E-state index in [-0.39, 0.29) is 76.6 Å². The number of aliphatic imine (C=N–C) groups is 2. The van der Waals surface area contributed by atoms with Crippen LogP contribution in [0.3, 0.4) is 0 Å². The summed E-state index contributed by atoms with van der Waals surface area (Å²) in [5, 5.41) is 88.1. The first-order chi connectivity index (χ1) is 29.6. The lowest BCUT2D eigenvalue weighted by Gasteiger charge is -2.44. The molecule has 7 unspecified atom stereocenters. The largest absolute Gasteiger partial charge is 0.481 e. The average molecular weight is 895 g/mol. The van der Waals surface area contributed by atoms with Gasteiger partial charge < -0.3 is 51.5 Å². The van der Waals surface area contributed by atoms with Gasteiger partial charge in [-0.1, -0.05) is 20.8 Å². The van der Waals surface area contributed by atoms with Crippen LogP contribution in [0.4, 0.5) is 0 Å². The highest BCUT2D eigenvalue weighted by atomic mass is 16.4. The number of aliphatic carboxylic acids is 8. The Morgan fingerprint density at radius 1 is 0.641 bits per heavy atom. The van der Waals surface area contributed by atoms with Crippen molar-refractivity contribution in [2.75, 3.05) is 0 Å². The Morgan fingerprint density at radius 3 is 1.72 bits per heavy atom. The third-order valence-corrected chi connectivity index (χ3v) is 14.0. The maximum absolute atomic E-state index is 13.0. The Labute approximate surface area is 366 Å². The van der Waals surface area contributed by atoms with Gasteiger partial charge in [-0.25, -0.2) is 0 Å². The van der Waals surface area contributed by atoms with Gasteiger partial charge in [0, 0.05) is 82.3 Å². The number of hydrogen-bond acceptors (Lipinski definition) is 12. The van der Waals surface area contributed by atoms with Crippen molar-refractivity contribution in [3.05, 3.63) is 57.7 Å². The van der Waals surface area contributed by atoms with Crippen LogP contribution < -0.4 is 10.6 Å². The molecule has 0 amide bonds. The fourth-order valence-electron chi connectivity index (χ4n) is 10.6. The van der Waals surface area contributed by atoms with Crippen molar-refractivity contribution >= 4 is 59.2 Å². The summed E-state index contributed by atoms with van der Waals surface area (Å²) in [6.07, 6.45) is -0.855. The Hall–Kier alpha value is -6.60. The molecule has 0 aliphatic carbocycles. The van der Waals surface area contributed by atoms with Crippen LogP contribution in [-0.2, 0) is 38.4 Å². The topological polar surface area (TPSA) is 347 Å². The van der Waals surface area contributed by atoms with Crippen LogP contribution in [0.2, 0.25) is 0 Å². The number of carboxylic acids is 8. The number of nitrogens with zero attached hydrogens (tertiary/aromatic N) is 2. The molecule has 5 aliphatic rings. The van der Waals surface area contributed by atoms with E-state index in [9.17, 15) is 79.2 Å². The molecule has 7 atom stereocenters.